The van der Waals surface area contributed by atoms with Gasteiger partial charge in [0.15, 0.2) is 5.76 Å². The molecule has 0 saturated carbocycles. The number of carbonyl (C=O) groups is 1. The molecule has 1 aliphatic rings. The van der Waals surface area contributed by atoms with E-state index in [4.69, 9.17) is 10.2 Å². The topological polar surface area (TPSA) is 59.5 Å². The molecule has 0 unspecified atom stereocenters. The standard InChI is InChI=1S/C16H18N2O2/c1-2-14-5-6-15(20-14)16(19)18-8-7-11-3-4-13(17)9-12(11)10-18/h3-6,9H,2,7-8,10,17H2,1H3. The van der Waals surface area contributed by atoms with Crippen molar-refractivity contribution >= 4 is 11.6 Å². The molecule has 0 fully saturated rings. The van der Waals surface area contributed by atoms with Gasteiger partial charge in [0, 0.05) is 25.2 Å². The summed E-state index contributed by atoms with van der Waals surface area (Å²) in [7, 11) is 0. The van der Waals surface area contributed by atoms with Crippen LogP contribution < -0.4 is 5.73 Å². The Morgan fingerprint density at radius 1 is 1.30 bits per heavy atom. The van der Waals surface area contributed by atoms with Crippen molar-refractivity contribution in [2.75, 3.05) is 12.3 Å². The van der Waals surface area contributed by atoms with Gasteiger partial charge in [-0.3, -0.25) is 4.79 Å². The molecule has 1 aromatic carbocycles. The SMILES string of the molecule is CCc1ccc(C(=O)N2CCc3ccc(N)cc3C2)o1. The lowest BCUT2D eigenvalue weighted by Crippen LogP contribution is -2.35. The molecule has 4 heteroatoms. The van der Waals surface area contributed by atoms with Gasteiger partial charge in [0.05, 0.1) is 0 Å². The zero-order valence-electron chi connectivity index (χ0n) is 11.6. The number of amides is 1. The van der Waals surface area contributed by atoms with Crippen LogP contribution in [0, 0.1) is 0 Å². The average molecular weight is 270 g/mol. The van der Waals surface area contributed by atoms with Gasteiger partial charge in [-0.15, -0.1) is 0 Å². The maximum absolute atomic E-state index is 12.4. The number of nitrogens with two attached hydrogens (primary N) is 1. The molecule has 3 rings (SSSR count). The largest absolute Gasteiger partial charge is 0.456 e. The molecule has 1 amide bonds. The van der Waals surface area contributed by atoms with Crippen molar-refractivity contribution < 1.29 is 9.21 Å². The molecule has 1 aromatic heterocycles. The summed E-state index contributed by atoms with van der Waals surface area (Å²) in [6.07, 6.45) is 1.66. The third-order valence-electron chi connectivity index (χ3n) is 3.75. The summed E-state index contributed by atoms with van der Waals surface area (Å²) in [4.78, 5) is 14.2. The van der Waals surface area contributed by atoms with E-state index in [1.54, 1.807) is 6.07 Å². The smallest absolute Gasteiger partial charge is 0.289 e. The van der Waals surface area contributed by atoms with Crippen LogP contribution in [0.2, 0.25) is 0 Å². The highest BCUT2D eigenvalue weighted by Crippen LogP contribution is 2.23. The Labute approximate surface area is 118 Å². The van der Waals surface area contributed by atoms with Crippen molar-refractivity contribution in [3.8, 4) is 0 Å². The fraction of sp³-hybridized carbons (Fsp3) is 0.312. The van der Waals surface area contributed by atoms with Crippen LogP contribution in [-0.2, 0) is 19.4 Å². The van der Waals surface area contributed by atoms with Crippen LogP contribution in [0.4, 0.5) is 5.69 Å². The number of rotatable bonds is 2. The Balaban J connectivity index is 1.80. The lowest BCUT2D eigenvalue weighted by molar-refractivity contribution is 0.0700. The number of carbonyl (C=O) groups excluding carboxylic acids is 1. The monoisotopic (exact) mass is 270 g/mol. The van der Waals surface area contributed by atoms with Gasteiger partial charge in [-0.05, 0) is 41.8 Å². The van der Waals surface area contributed by atoms with Crippen molar-refractivity contribution in [1.82, 2.24) is 4.90 Å². The molecule has 20 heavy (non-hydrogen) atoms. The van der Waals surface area contributed by atoms with E-state index in [9.17, 15) is 4.79 Å². The quantitative estimate of drug-likeness (QED) is 0.853. The van der Waals surface area contributed by atoms with Crippen molar-refractivity contribution in [2.45, 2.75) is 26.3 Å². The van der Waals surface area contributed by atoms with Crippen molar-refractivity contribution in [2.24, 2.45) is 0 Å². The van der Waals surface area contributed by atoms with E-state index in [-0.39, 0.29) is 5.91 Å². The van der Waals surface area contributed by atoms with E-state index in [0.29, 0.717) is 12.3 Å². The van der Waals surface area contributed by atoms with Crippen LogP contribution in [0.15, 0.2) is 34.7 Å². The van der Waals surface area contributed by atoms with Gasteiger partial charge in [-0.2, -0.15) is 0 Å². The van der Waals surface area contributed by atoms with E-state index < -0.39 is 0 Å². The second-order valence-corrected chi connectivity index (χ2v) is 5.12. The molecule has 2 N–H and O–H groups in total. The van der Waals surface area contributed by atoms with Gasteiger partial charge in [-0.1, -0.05) is 13.0 Å². The first-order valence-electron chi connectivity index (χ1n) is 6.92. The number of hydrogen-bond acceptors (Lipinski definition) is 3. The fourth-order valence-corrected chi connectivity index (χ4v) is 2.59. The van der Waals surface area contributed by atoms with E-state index in [0.717, 1.165) is 36.4 Å². The number of nitrogens with zero attached hydrogens (tertiary/aromatic N) is 1. The summed E-state index contributed by atoms with van der Waals surface area (Å²) >= 11 is 0. The number of hydrogen-bond donors (Lipinski definition) is 1. The van der Waals surface area contributed by atoms with Crippen LogP contribution in [0.5, 0.6) is 0 Å². The molecule has 0 atom stereocenters. The number of fused-ring (bicyclic) bond motifs is 1. The van der Waals surface area contributed by atoms with Gasteiger partial charge in [0.2, 0.25) is 0 Å². The highest BCUT2D eigenvalue weighted by atomic mass is 16.4. The van der Waals surface area contributed by atoms with Crippen LogP contribution in [0.1, 0.15) is 34.4 Å². The van der Waals surface area contributed by atoms with Gasteiger partial charge < -0.3 is 15.1 Å². The predicted molar refractivity (Wildman–Crippen MR) is 77.4 cm³/mol. The molecule has 2 aromatic rings. The zero-order chi connectivity index (χ0) is 14.1. The number of nitrogen functional groups attached to an aromatic ring is 1. The average Bonchev–Trinajstić information content (AvgIpc) is 2.94. The molecule has 0 saturated heterocycles. The van der Waals surface area contributed by atoms with Gasteiger partial charge >= 0.3 is 0 Å². The summed E-state index contributed by atoms with van der Waals surface area (Å²) in [5.74, 6) is 1.22. The maximum Gasteiger partial charge on any atom is 0.289 e. The van der Waals surface area contributed by atoms with Crippen LogP contribution in [0.3, 0.4) is 0 Å². The molecule has 2 heterocycles. The Morgan fingerprint density at radius 2 is 2.15 bits per heavy atom. The van der Waals surface area contributed by atoms with E-state index in [2.05, 4.69) is 6.07 Å². The second-order valence-electron chi connectivity index (χ2n) is 5.12. The summed E-state index contributed by atoms with van der Waals surface area (Å²) in [6, 6.07) is 9.54. The third kappa shape index (κ3) is 2.29. The summed E-state index contributed by atoms with van der Waals surface area (Å²) in [6.45, 7) is 3.33. The predicted octanol–water partition coefficient (Wildman–Crippen LogP) is 2.62. The summed E-state index contributed by atoms with van der Waals surface area (Å²) in [5.41, 5.74) is 8.96. The van der Waals surface area contributed by atoms with E-state index in [1.807, 2.05) is 30.0 Å². The van der Waals surface area contributed by atoms with Crippen LogP contribution >= 0.6 is 0 Å². The van der Waals surface area contributed by atoms with Gasteiger partial charge in [0.25, 0.3) is 5.91 Å². The Bertz CT molecular complexity index is 646. The van der Waals surface area contributed by atoms with Crippen molar-refractivity contribution in [1.29, 1.82) is 0 Å². The first-order valence-corrected chi connectivity index (χ1v) is 6.92. The minimum Gasteiger partial charge on any atom is -0.456 e. The highest BCUT2D eigenvalue weighted by molar-refractivity contribution is 5.91. The van der Waals surface area contributed by atoms with E-state index >= 15 is 0 Å². The molecule has 1 aliphatic heterocycles. The molecule has 4 nitrogen and oxygen atoms in total. The van der Waals surface area contributed by atoms with Gasteiger partial charge in [-0.25, -0.2) is 0 Å². The number of benzene rings is 1. The fourth-order valence-electron chi connectivity index (χ4n) is 2.59. The Hall–Kier alpha value is -2.23. The minimum absolute atomic E-state index is 0.0437. The number of furan rings is 1. The lowest BCUT2D eigenvalue weighted by Gasteiger charge is -2.28. The second kappa shape index (κ2) is 5.04. The maximum atomic E-state index is 12.4. The van der Waals surface area contributed by atoms with Gasteiger partial charge in [0.1, 0.15) is 5.76 Å². The van der Waals surface area contributed by atoms with Crippen molar-refractivity contribution in [3.05, 3.63) is 53.0 Å². The van der Waals surface area contributed by atoms with E-state index in [1.165, 1.54) is 5.56 Å². The Morgan fingerprint density at radius 3 is 2.90 bits per heavy atom. The summed E-state index contributed by atoms with van der Waals surface area (Å²) in [5, 5.41) is 0. The van der Waals surface area contributed by atoms with Crippen LogP contribution in [0.25, 0.3) is 0 Å². The van der Waals surface area contributed by atoms with Crippen molar-refractivity contribution in [3.63, 3.8) is 0 Å². The number of anilines is 1. The summed E-state index contributed by atoms with van der Waals surface area (Å²) < 4.78 is 5.54. The molecular weight excluding hydrogens is 252 g/mol. The number of aryl methyl sites for hydroxylation is 1. The first kappa shape index (κ1) is 12.8. The molecule has 0 radical (unpaired) electrons. The minimum atomic E-state index is -0.0437. The Kier molecular flexibility index (Phi) is 3.22. The molecule has 104 valence electrons. The first-order chi connectivity index (χ1) is 9.67. The molecule has 0 bridgehead atoms. The lowest BCUT2D eigenvalue weighted by atomic mass is 9.99. The van der Waals surface area contributed by atoms with Crippen LogP contribution in [-0.4, -0.2) is 17.4 Å². The highest BCUT2D eigenvalue weighted by Gasteiger charge is 2.23. The normalized spacial score (nSPS) is 14.2. The molecule has 0 spiro atoms. The third-order valence-corrected chi connectivity index (χ3v) is 3.75. The molecular formula is C16H18N2O2. The molecule has 0 aliphatic carbocycles. The zero-order valence-corrected chi connectivity index (χ0v) is 11.6.